The number of alkyl halides is 1. The molecule has 4 unspecified atom stereocenters. The van der Waals surface area contributed by atoms with Crippen molar-refractivity contribution < 1.29 is 16.8 Å². The van der Waals surface area contributed by atoms with Crippen molar-refractivity contribution in [1.82, 2.24) is 0 Å². The van der Waals surface area contributed by atoms with E-state index in [1.54, 1.807) is 0 Å². The molecule has 0 spiro atoms. The van der Waals surface area contributed by atoms with Gasteiger partial charge in [-0.2, -0.15) is 0 Å². The minimum atomic E-state index is -3.09. The van der Waals surface area contributed by atoms with E-state index in [0.29, 0.717) is 6.42 Å². The number of nitrogens with zero attached hydrogens (tertiary/aromatic N) is 1. The Labute approximate surface area is 135 Å². The van der Waals surface area contributed by atoms with Gasteiger partial charge in [-0.3, -0.25) is 4.99 Å². The Hall–Kier alpha value is 0.750. The molecule has 0 aromatic rings. The average molecular weight is 420 g/mol. The van der Waals surface area contributed by atoms with Crippen LogP contribution in [-0.2, 0) is 19.7 Å². The second-order valence-electron chi connectivity index (χ2n) is 5.49. The fourth-order valence-electron chi connectivity index (χ4n) is 2.64. The van der Waals surface area contributed by atoms with Crippen molar-refractivity contribution in [3.8, 4) is 0 Å². The summed E-state index contributed by atoms with van der Waals surface area (Å²) in [6.07, 6.45) is 0.574. The van der Waals surface area contributed by atoms with E-state index in [4.69, 9.17) is 0 Å². The zero-order valence-corrected chi connectivity index (χ0v) is 15.5. The number of fused-ring (bicyclic) bond motifs is 1. The molecule has 0 aromatic heterocycles. The average Bonchev–Trinajstić information content (AvgIpc) is 2.84. The molecule has 0 radical (unpaired) electrons. The lowest BCUT2D eigenvalue weighted by Crippen LogP contribution is -2.33. The first-order valence-electron chi connectivity index (χ1n) is 6.12. The number of aliphatic imine (C=N–C) groups is 1. The summed E-state index contributed by atoms with van der Waals surface area (Å²) in [4.78, 5) is 4.53. The Kier molecular flexibility index (Phi) is 3.81. The molecule has 3 rings (SSSR count). The molecule has 0 bridgehead atoms. The van der Waals surface area contributed by atoms with Crippen molar-refractivity contribution in [2.24, 2.45) is 4.99 Å². The maximum absolute atomic E-state index is 11.9. The molecule has 0 amide bonds. The quantitative estimate of drug-likeness (QED) is 0.595. The van der Waals surface area contributed by atoms with Gasteiger partial charge in [-0.1, -0.05) is 39.5 Å². The molecule has 20 heavy (non-hydrogen) atoms. The van der Waals surface area contributed by atoms with E-state index in [2.05, 4.69) is 20.9 Å². The van der Waals surface area contributed by atoms with Crippen molar-refractivity contribution in [2.75, 3.05) is 17.3 Å². The molecule has 3 heterocycles. The van der Waals surface area contributed by atoms with Gasteiger partial charge in [0.25, 0.3) is 0 Å². The first kappa shape index (κ1) is 15.6. The highest BCUT2D eigenvalue weighted by Gasteiger charge is 2.60. The lowest BCUT2D eigenvalue weighted by molar-refractivity contribution is 0.598. The first-order valence-corrected chi connectivity index (χ1v) is 12.3. The fourth-order valence-corrected chi connectivity index (χ4v) is 12.0. The number of sulfone groups is 2. The van der Waals surface area contributed by atoms with Gasteiger partial charge < -0.3 is 0 Å². The van der Waals surface area contributed by atoms with E-state index in [-0.39, 0.29) is 28.6 Å². The Balaban J connectivity index is 1.79. The van der Waals surface area contributed by atoms with Gasteiger partial charge in [0.05, 0.1) is 28.0 Å². The van der Waals surface area contributed by atoms with Gasteiger partial charge in [-0.05, 0) is 13.3 Å². The Morgan fingerprint density at radius 1 is 1.30 bits per heavy atom. The van der Waals surface area contributed by atoms with Crippen LogP contribution < -0.4 is 0 Å². The maximum atomic E-state index is 11.9. The van der Waals surface area contributed by atoms with Gasteiger partial charge in [0, 0.05) is 5.25 Å². The number of hydrogen-bond acceptors (Lipinski definition) is 7. The van der Waals surface area contributed by atoms with E-state index in [0.717, 1.165) is 4.38 Å². The van der Waals surface area contributed by atoms with Gasteiger partial charge in [0.1, 0.15) is 8.53 Å². The molecule has 5 nitrogen and oxygen atoms in total. The number of rotatable bonds is 1. The monoisotopic (exact) mass is 419 g/mol. The van der Waals surface area contributed by atoms with E-state index in [1.807, 2.05) is 6.92 Å². The topological polar surface area (TPSA) is 80.6 Å². The van der Waals surface area contributed by atoms with Crippen molar-refractivity contribution in [1.29, 1.82) is 0 Å². The molecule has 0 saturated carbocycles. The van der Waals surface area contributed by atoms with Gasteiger partial charge in [-0.15, -0.1) is 0 Å². The highest BCUT2D eigenvalue weighted by Crippen LogP contribution is 2.57. The van der Waals surface area contributed by atoms with Gasteiger partial charge in [-0.25, -0.2) is 16.8 Å². The molecular weight excluding hydrogens is 406 g/mol. The molecule has 0 aromatic carbocycles. The number of thioether (sulfide) groups is 2. The molecule has 3 saturated heterocycles. The van der Waals surface area contributed by atoms with Gasteiger partial charge >= 0.3 is 0 Å². The highest BCUT2D eigenvalue weighted by molar-refractivity contribution is 9.11. The standard InChI is InChI=1S/C10H14BrNO4S4/c1-10-7(5-20(15,16)8(10)11)17-9(18-10)12-6-2-3-19(13,14)4-6/h6-8H,2-5H2,1H3. The van der Waals surface area contributed by atoms with E-state index >= 15 is 0 Å². The summed E-state index contributed by atoms with van der Waals surface area (Å²) >= 11 is 6.26. The van der Waals surface area contributed by atoms with Gasteiger partial charge in [0.15, 0.2) is 19.7 Å². The molecular formula is C10H14BrNO4S4. The Bertz CT molecular complexity index is 673. The predicted molar refractivity (Wildman–Crippen MR) is 88.4 cm³/mol. The molecule has 0 aliphatic carbocycles. The van der Waals surface area contributed by atoms with E-state index in [1.165, 1.54) is 23.5 Å². The van der Waals surface area contributed by atoms with Crippen LogP contribution >= 0.6 is 39.5 Å². The number of hydrogen-bond donors (Lipinski definition) is 0. The molecule has 114 valence electrons. The SMILES string of the molecule is CC12SC(=NC3CCS(=O)(=O)C3)SC1CS(=O)(=O)C2Br. The normalized spacial score (nSPS) is 47.7. The van der Waals surface area contributed by atoms with Crippen molar-refractivity contribution >= 4 is 63.5 Å². The maximum Gasteiger partial charge on any atom is 0.165 e. The fraction of sp³-hybridized carbons (Fsp3) is 0.900. The van der Waals surface area contributed by atoms with Crippen LogP contribution in [0.5, 0.6) is 0 Å². The third kappa shape index (κ3) is 2.59. The Morgan fingerprint density at radius 2 is 2.00 bits per heavy atom. The van der Waals surface area contributed by atoms with Crippen LogP contribution in [0.2, 0.25) is 0 Å². The molecule has 3 fully saturated rings. The summed E-state index contributed by atoms with van der Waals surface area (Å²) in [5.41, 5.74) is 0. The van der Waals surface area contributed by atoms with Crippen molar-refractivity contribution in [3.05, 3.63) is 0 Å². The van der Waals surface area contributed by atoms with Crippen LogP contribution in [-0.4, -0.2) is 58.7 Å². The summed E-state index contributed by atoms with van der Waals surface area (Å²) in [5, 5.41) is -0.0152. The van der Waals surface area contributed by atoms with Gasteiger partial charge in [0.2, 0.25) is 0 Å². The number of halogens is 1. The summed E-state index contributed by atoms with van der Waals surface area (Å²) in [7, 11) is -6.02. The summed E-state index contributed by atoms with van der Waals surface area (Å²) < 4.78 is 46.6. The lowest BCUT2D eigenvalue weighted by atomic mass is 10.1. The third-order valence-corrected chi connectivity index (χ3v) is 14.0. The van der Waals surface area contributed by atoms with Crippen LogP contribution in [0.25, 0.3) is 0 Å². The molecule has 0 N–H and O–H groups in total. The molecule has 4 atom stereocenters. The van der Waals surface area contributed by atoms with Crippen LogP contribution in [0.15, 0.2) is 4.99 Å². The third-order valence-electron chi connectivity index (χ3n) is 3.84. The summed E-state index contributed by atoms with van der Waals surface area (Å²) in [6, 6.07) is -0.164. The smallest absolute Gasteiger partial charge is 0.165 e. The molecule has 10 heteroatoms. The predicted octanol–water partition coefficient (Wildman–Crippen LogP) is 1.29. The minimum absolute atomic E-state index is 0.0152. The summed E-state index contributed by atoms with van der Waals surface area (Å²) in [6.45, 7) is 1.94. The zero-order valence-electron chi connectivity index (χ0n) is 10.7. The second-order valence-corrected chi connectivity index (χ2v) is 14.3. The molecule has 3 aliphatic heterocycles. The second kappa shape index (κ2) is 4.87. The van der Waals surface area contributed by atoms with E-state index < -0.39 is 28.6 Å². The minimum Gasteiger partial charge on any atom is -0.267 e. The lowest BCUT2D eigenvalue weighted by Gasteiger charge is -2.22. The largest absolute Gasteiger partial charge is 0.267 e. The first-order chi connectivity index (χ1) is 9.12. The zero-order chi connectivity index (χ0) is 14.8. The summed E-state index contributed by atoms with van der Waals surface area (Å²) in [5.74, 6) is 0.480. The van der Waals surface area contributed by atoms with Crippen molar-refractivity contribution in [3.63, 3.8) is 0 Å². The Morgan fingerprint density at radius 3 is 2.55 bits per heavy atom. The van der Waals surface area contributed by atoms with Crippen LogP contribution in [0, 0.1) is 0 Å². The van der Waals surface area contributed by atoms with Crippen molar-refractivity contribution in [2.45, 2.75) is 33.5 Å². The van der Waals surface area contributed by atoms with E-state index in [9.17, 15) is 16.8 Å². The van der Waals surface area contributed by atoms with Crippen LogP contribution in [0.4, 0.5) is 0 Å². The molecule has 3 aliphatic rings. The highest BCUT2D eigenvalue weighted by atomic mass is 79.9. The van der Waals surface area contributed by atoms with Crippen LogP contribution in [0.3, 0.4) is 0 Å². The van der Waals surface area contributed by atoms with Crippen LogP contribution in [0.1, 0.15) is 13.3 Å².